The van der Waals surface area contributed by atoms with Gasteiger partial charge in [-0.15, -0.1) is 0 Å². The highest BCUT2D eigenvalue weighted by molar-refractivity contribution is 6.09. The number of nitrogens with zero attached hydrogens (tertiary/aromatic N) is 1. The summed E-state index contributed by atoms with van der Waals surface area (Å²) in [5, 5.41) is 3.17. The van der Waals surface area contributed by atoms with Crippen LogP contribution in [0.15, 0.2) is 35.5 Å². The summed E-state index contributed by atoms with van der Waals surface area (Å²) in [6.45, 7) is 1.45. The van der Waals surface area contributed by atoms with Gasteiger partial charge in [0.1, 0.15) is 6.61 Å². The summed E-state index contributed by atoms with van der Waals surface area (Å²) in [4.78, 5) is 36.6. The molecule has 7 nitrogen and oxygen atoms in total. The Morgan fingerprint density at radius 1 is 1.13 bits per heavy atom. The molecule has 0 aromatic heterocycles. The molecular formula is C23H34N2O5. The van der Waals surface area contributed by atoms with Gasteiger partial charge in [-0.1, -0.05) is 31.7 Å². The highest BCUT2D eigenvalue weighted by atomic mass is 16.5. The number of amides is 1. The van der Waals surface area contributed by atoms with Crippen LogP contribution in [0.1, 0.15) is 55.5 Å². The predicted molar refractivity (Wildman–Crippen MR) is 116 cm³/mol. The largest absolute Gasteiger partial charge is 0.468 e. The van der Waals surface area contributed by atoms with Gasteiger partial charge < -0.3 is 19.7 Å². The fraction of sp³-hybridized carbons (Fsp3) is 0.522. The molecule has 1 aromatic carbocycles. The molecule has 0 bridgehead atoms. The molecule has 166 valence electrons. The first-order valence-electron chi connectivity index (χ1n) is 9.97. The molecule has 1 aliphatic rings. The van der Waals surface area contributed by atoms with Crippen LogP contribution in [0.5, 0.6) is 0 Å². The number of carbonyl (C=O) groups excluding carboxylic acids is 3. The van der Waals surface area contributed by atoms with Gasteiger partial charge in [-0.05, 0) is 31.2 Å². The molecule has 0 aliphatic heterocycles. The molecule has 0 unspecified atom stereocenters. The summed E-state index contributed by atoms with van der Waals surface area (Å²) < 4.78 is 9.85. The fourth-order valence-electron chi connectivity index (χ4n) is 3.29. The summed E-state index contributed by atoms with van der Waals surface area (Å²) in [6, 6.07) is 7.43. The van der Waals surface area contributed by atoms with E-state index in [1.165, 1.54) is 0 Å². The third kappa shape index (κ3) is 7.63. The number of rotatable bonds is 12. The van der Waals surface area contributed by atoms with Gasteiger partial charge in [0.2, 0.25) is 5.91 Å². The van der Waals surface area contributed by atoms with Crippen LogP contribution in [-0.4, -0.2) is 57.0 Å². The lowest BCUT2D eigenvalue weighted by Crippen LogP contribution is -2.30. The molecule has 0 heterocycles. The van der Waals surface area contributed by atoms with E-state index in [0.717, 1.165) is 42.5 Å². The Morgan fingerprint density at radius 3 is 2.50 bits per heavy atom. The van der Waals surface area contributed by atoms with Crippen LogP contribution in [0.3, 0.4) is 0 Å². The van der Waals surface area contributed by atoms with Gasteiger partial charge in [-0.25, -0.2) is 0 Å². The third-order valence-corrected chi connectivity index (χ3v) is 4.95. The number of ketones is 1. The van der Waals surface area contributed by atoms with Crippen molar-refractivity contribution in [3.63, 3.8) is 0 Å². The monoisotopic (exact) mass is 418 g/mol. The molecule has 1 amide bonds. The Morgan fingerprint density at radius 2 is 1.83 bits per heavy atom. The van der Waals surface area contributed by atoms with Crippen LogP contribution in [0.2, 0.25) is 0 Å². The minimum Gasteiger partial charge on any atom is -0.468 e. The molecule has 0 saturated carbocycles. The number of likely N-dealkylation sites (N-methyl/N-ethyl adjacent to an activating group) is 1. The van der Waals surface area contributed by atoms with Crippen molar-refractivity contribution in [2.24, 2.45) is 0 Å². The Kier molecular flexibility index (Phi) is 11.4. The van der Waals surface area contributed by atoms with E-state index < -0.39 is 0 Å². The molecule has 7 heteroatoms. The van der Waals surface area contributed by atoms with Gasteiger partial charge in [0.25, 0.3) is 6.47 Å². The van der Waals surface area contributed by atoms with Gasteiger partial charge in [-0.2, -0.15) is 0 Å². The number of Topliss-reactive ketones (excluding diaryl/α,β-unsaturated/α-hetero) is 1. The van der Waals surface area contributed by atoms with Crippen LogP contribution in [0.4, 0.5) is 0 Å². The number of nitrogens with one attached hydrogen (secondary N) is 1. The van der Waals surface area contributed by atoms with Crippen LogP contribution in [-0.2, 0) is 25.6 Å². The topological polar surface area (TPSA) is 84.9 Å². The zero-order chi connectivity index (χ0) is 21.1. The molecule has 1 N–H and O–H groups in total. The van der Waals surface area contributed by atoms with Gasteiger partial charge in [-0.3, -0.25) is 14.4 Å². The van der Waals surface area contributed by atoms with E-state index in [1.807, 2.05) is 31.3 Å². The van der Waals surface area contributed by atoms with Crippen LogP contribution >= 0.6 is 0 Å². The Hall–Kier alpha value is -2.67. The summed E-state index contributed by atoms with van der Waals surface area (Å²) in [5.41, 5.74) is 3.55. The van der Waals surface area contributed by atoms with Crippen LogP contribution < -0.4 is 5.32 Å². The van der Waals surface area contributed by atoms with Crippen LogP contribution in [0.25, 0.3) is 0 Å². The fourth-order valence-corrected chi connectivity index (χ4v) is 3.29. The average Bonchev–Trinajstić information content (AvgIpc) is 2.76. The Bertz CT molecular complexity index is 728. The van der Waals surface area contributed by atoms with Crippen molar-refractivity contribution in [3.8, 4) is 0 Å². The highest BCUT2D eigenvalue weighted by Crippen LogP contribution is 2.26. The zero-order valence-electron chi connectivity index (χ0n) is 17.2. The second kappa shape index (κ2) is 13.5. The molecule has 0 radical (unpaired) electrons. The van der Waals surface area contributed by atoms with Gasteiger partial charge in [0.15, 0.2) is 5.78 Å². The molecule has 2 rings (SSSR count). The maximum Gasteiger partial charge on any atom is 0.293 e. The lowest BCUT2D eigenvalue weighted by Gasteiger charge is -2.20. The summed E-state index contributed by atoms with van der Waals surface area (Å²) in [5.74, 6) is -0.0514. The Labute approximate surface area is 179 Å². The number of hydrogen-bond acceptors (Lipinski definition) is 6. The molecule has 0 fully saturated rings. The first-order valence-corrected chi connectivity index (χ1v) is 9.97. The minimum absolute atomic E-state index is 0. The predicted octanol–water partition coefficient (Wildman–Crippen LogP) is 3.09. The number of carbonyl (C=O) groups is 3. The van der Waals surface area contributed by atoms with E-state index in [1.54, 1.807) is 11.9 Å². The number of benzene rings is 1. The van der Waals surface area contributed by atoms with Crippen molar-refractivity contribution in [1.82, 2.24) is 10.2 Å². The summed E-state index contributed by atoms with van der Waals surface area (Å²) in [7, 11) is 3.58. The molecular weight excluding hydrogens is 384 g/mol. The normalized spacial score (nSPS) is 13.3. The van der Waals surface area contributed by atoms with E-state index in [2.05, 4.69) is 10.1 Å². The van der Waals surface area contributed by atoms with E-state index in [9.17, 15) is 14.4 Å². The summed E-state index contributed by atoms with van der Waals surface area (Å²) >= 11 is 0. The number of allylic oxidation sites excluding steroid dienone is 2. The standard InChI is InChI=1S/C22H30N2O5.CH4/c1-23-20-7-4-3-6-19(20)22(27)18-10-8-17(9-11-18)14-24(2)21(26)15-28-12-5-13-29-16-25;/h8-11,16,23H,3-7,12-15H2,1-2H3;1H4. The van der Waals surface area contributed by atoms with Crippen molar-refractivity contribution >= 4 is 18.2 Å². The van der Waals surface area contributed by atoms with Gasteiger partial charge in [0, 0.05) is 43.9 Å². The highest BCUT2D eigenvalue weighted by Gasteiger charge is 2.20. The van der Waals surface area contributed by atoms with Crippen molar-refractivity contribution in [2.75, 3.05) is 33.9 Å². The van der Waals surface area contributed by atoms with Crippen molar-refractivity contribution in [3.05, 3.63) is 46.7 Å². The lowest BCUT2D eigenvalue weighted by molar-refractivity contribution is -0.136. The van der Waals surface area contributed by atoms with Crippen molar-refractivity contribution in [1.29, 1.82) is 0 Å². The molecule has 1 aliphatic carbocycles. The summed E-state index contributed by atoms with van der Waals surface area (Å²) in [6.07, 6.45) is 4.45. The second-order valence-corrected chi connectivity index (χ2v) is 7.06. The van der Waals surface area contributed by atoms with E-state index in [0.29, 0.717) is 31.6 Å². The molecule has 1 aromatic rings. The molecule has 0 spiro atoms. The molecule has 30 heavy (non-hydrogen) atoms. The maximum atomic E-state index is 12.8. The number of hydrogen-bond donors (Lipinski definition) is 1. The van der Waals surface area contributed by atoms with E-state index in [-0.39, 0.29) is 32.3 Å². The molecule has 0 atom stereocenters. The zero-order valence-corrected chi connectivity index (χ0v) is 17.2. The minimum atomic E-state index is -0.132. The van der Waals surface area contributed by atoms with Crippen molar-refractivity contribution in [2.45, 2.75) is 46.1 Å². The first kappa shape index (κ1) is 25.4. The maximum absolute atomic E-state index is 12.8. The van der Waals surface area contributed by atoms with Gasteiger partial charge >= 0.3 is 0 Å². The average molecular weight is 419 g/mol. The smallest absolute Gasteiger partial charge is 0.293 e. The van der Waals surface area contributed by atoms with E-state index >= 15 is 0 Å². The third-order valence-electron chi connectivity index (χ3n) is 4.95. The molecule has 0 saturated heterocycles. The Balaban J connectivity index is 0.00000450. The SMILES string of the molecule is C.CNC1=C(C(=O)c2ccc(CN(C)C(=O)COCCCOC=O)cc2)CCCC1. The quantitative estimate of drug-likeness (QED) is 0.319. The number of ether oxygens (including phenoxy) is 2. The first-order chi connectivity index (χ1) is 14.1. The second-order valence-electron chi connectivity index (χ2n) is 7.06. The van der Waals surface area contributed by atoms with Crippen LogP contribution in [0, 0.1) is 0 Å². The van der Waals surface area contributed by atoms with Crippen molar-refractivity contribution < 1.29 is 23.9 Å². The lowest BCUT2D eigenvalue weighted by atomic mass is 9.90. The van der Waals surface area contributed by atoms with E-state index in [4.69, 9.17) is 4.74 Å². The van der Waals surface area contributed by atoms with Gasteiger partial charge in [0.05, 0.1) is 13.2 Å².